The highest BCUT2D eigenvalue weighted by atomic mass is 16.7. The number of rotatable bonds is 4. The standard InChI is InChI=1S/C21H16N4O3/c26-21(23-11-14-6-7-18-19(10-14)28-13-27-18)16-12-24-25-17(8-9-22-20(16)25)15-4-2-1-3-5-15/h1-10,12H,11,13H2,(H,23,26). The van der Waals surface area contributed by atoms with Gasteiger partial charge in [-0.3, -0.25) is 4.79 Å². The Morgan fingerprint density at radius 1 is 1.07 bits per heavy atom. The van der Waals surface area contributed by atoms with Gasteiger partial charge in [-0.15, -0.1) is 0 Å². The molecule has 2 aromatic carbocycles. The third-order valence-electron chi connectivity index (χ3n) is 4.61. The van der Waals surface area contributed by atoms with Crippen molar-refractivity contribution in [1.82, 2.24) is 19.9 Å². The summed E-state index contributed by atoms with van der Waals surface area (Å²) in [7, 11) is 0. The molecule has 28 heavy (non-hydrogen) atoms. The lowest BCUT2D eigenvalue weighted by atomic mass is 10.1. The number of hydrogen-bond donors (Lipinski definition) is 1. The third kappa shape index (κ3) is 2.83. The van der Waals surface area contributed by atoms with E-state index in [0.717, 1.165) is 22.6 Å². The van der Waals surface area contributed by atoms with E-state index in [0.29, 0.717) is 23.5 Å². The molecule has 2 aromatic heterocycles. The molecule has 1 aliphatic heterocycles. The fourth-order valence-corrected chi connectivity index (χ4v) is 3.21. The molecule has 0 saturated heterocycles. The van der Waals surface area contributed by atoms with Crippen LogP contribution in [0.1, 0.15) is 15.9 Å². The molecule has 138 valence electrons. The Hall–Kier alpha value is -3.87. The Morgan fingerprint density at radius 2 is 1.93 bits per heavy atom. The first-order valence-electron chi connectivity index (χ1n) is 8.84. The van der Waals surface area contributed by atoms with E-state index in [9.17, 15) is 4.79 Å². The van der Waals surface area contributed by atoms with Crippen LogP contribution in [0.3, 0.4) is 0 Å². The van der Waals surface area contributed by atoms with Crippen LogP contribution in [0.2, 0.25) is 0 Å². The zero-order valence-corrected chi connectivity index (χ0v) is 14.8. The van der Waals surface area contributed by atoms with Crippen molar-refractivity contribution < 1.29 is 14.3 Å². The Bertz CT molecular complexity index is 1170. The second-order valence-corrected chi connectivity index (χ2v) is 6.36. The summed E-state index contributed by atoms with van der Waals surface area (Å²) in [6.07, 6.45) is 3.23. The zero-order chi connectivity index (χ0) is 18.9. The van der Waals surface area contributed by atoms with Crippen molar-refractivity contribution in [2.75, 3.05) is 6.79 Å². The number of hydrogen-bond acceptors (Lipinski definition) is 5. The van der Waals surface area contributed by atoms with Crippen molar-refractivity contribution in [3.8, 4) is 22.8 Å². The molecule has 5 rings (SSSR count). The van der Waals surface area contributed by atoms with Gasteiger partial charge in [0.25, 0.3) is 5.91 Å². The van der Waals surface area contributed by atoms with Crippen LogP contribution < -0.4 is 14.8 Å². The molecule has 0 bridgehead atoms. The monoisotopic (exact) mass is 372 g/mol. The van der Waals surface area contributed by atoms with E-state index in [1.807, 2.05) is 54.6 Å². The second-order valence-electron chi connectivity index (χ2n) is 6.36. The molecule has 3 heterocycles. The predicted molar refractivity (Wildman–Crippen MR) is 102 cm³/mol. The number of ether oxygens (including phenoxy) is 2. The van der Waals surface area contributed by atoms with Crippen molar-refractivity contribution in [3.63, 3.8) is 0 Å². The van der Waals surface area contributed by atoms with Gasteiger partial charge in [0.15, 0.2) is 17.1 Å². The first-order chi connectivity index (χ1) is 13.8. The molecule has 1 aliphatic rings. The summed E-state index contributed by atoms with van der Waals surface area (Å²) in [6, 6.07) is 17.4. The Balaban J connectivity index is 1.39. The number of aromatic nitrogens is 3. The molecule has 0 unspecified atom stereocenters. The molecule has 7 nitrogen and oxygen atoms in total. The van der Waals surface area contributed by atoms with E-state index in [1.165, 1.54) is 0 Å². The summed E-state index contributed by atoms with van der Waals surface area (Å²) in [5.74, 6) is 1.18. The van der Waals surface area contributed by atoms with Crippen LogP contribution in [-0.2, 0) is 6.54 Å². The number of benzene rings is 2. The summed E-state index contributed by atoms with van der Waals surface area (Å²) in [6.45, 7) is 0.591. The quantitative estimate of drug-likeness (QED) is 0.596. The minimum atomic E-state index is -0.231. The summed E-state index contributed by atoms with van der Waals surface area (Å²) in [4.78, 5) is 17.1. The molecule has 0 radical (unpaired) electrons. The number of carbonyl (C=O) groups excluding carboxylic acids is 1. The van der Waals surface area contributed by atoms with E-state index in [-0.39, 0.29) is 12.7 Å². The molecule has 0 atom stereocenters. The highest BCUT2D eigenvalue weighted by Gasteiger charge is 2.17. The lowest BCUT2D eigenvalue weighted by molar-refractivity contribution is 0.0952. The van der Waals surface area contributed by atoms with Crippen molar-refractivity contribution >= 4 is 11.6 Å². The molecule has 0 saturated carbocycles. The summed E-state index contributed by atoms with van der Waals surface area (Å²) in [5, 5.41) is 7.29. The number of carbonyl (C=O) groups is 1. The Labute approximate surface area is 160 Å². The van der Waals surface area contributed by atoms with Crippen LogP contribution in [0.15, 0.2) is 67.0 Å². The largest absolute Gasteiger partial charge is 0.454 e. The van der Waals surface area contributed by atoms with Gasteiger partial charge in [-0.25, -0.2) is 9.50 Å². The molecule has 7 heteroatoms. The van der Waals surface area contributed by atoms with Crippen molar-refractivity contribution in [2.24, 2.45) is 0 Å². The van der Waals surface area contributed by atoms with Crippen LogP contribution in [-0.4, -0.2) is 27.3 Å². The topological polar surface area (TPSA) is 77.8 Å². The Kier molecular flexibility index (Phi) is 3.90. The van der Waals surface area contributed by atoms with Gasteiger partial charge >= 0.3 is 0 Å². The van der Waals surface area contributed by atoms with Crippen LogP contribution in [0.5, 0.6) is 11.5 Å². The molecule has 0 aliphatic carbocycles. The zero-order valence-electron chi connectivity index (χ0n) is 14.8. The molecular formula is C21H16N4O3. The molecule has 0 spiro atoms. The number of amides is 1. The van der Waals surface area contributed by atoms with Crippen molar-refractivity contribution in [1.29, 1.82) is 0 Å². The minimum Gasteiger partial charge on any atom is -0.454 e. The maximum atomic E-state index is 12.7. The molecule has 4 aromatic rings. The van der Waals surface area contributed by atoms with Gasteiger partial charge in [-0.2, -0.15) is 5.10 Å². The van der Waals surface area contributed by atoms with Crippen molar-refractivity contribution in [3.05, 3.63) is 78.1 Å². The van der Waals surface area contributed by atoms with Gasteiger partial charge < -0.3 is 14.8 Å². The van der Waals surface area contributed by atoms with Crippen LogP contribution in [0.4, 0.5) is 0 Å². The Morgan fingerprint density at radius 3 is 2.82 bits per heavy atom. The van der Waals surface area contributed by atoms with Gasteiger partial charge in [0.2, 0.25) is 6.79 Å². The van der Waals surface area contributed by atoms with E-state index >= 15 is 0 Å². The molecular weight excluding hydrogens is 356 g/mol. The van der Waals surface area contributed by atoms with Crippen molar-refractivity contribution in [2.45, 2.75) is 6.54 Å². The second kappa shape index (κ2) is 6.70. The minimum absolute atomic E-state index is 0.225. The average molecular weight is 372 g/mol. The maximum Gasteiger partial charge on any atom is 0.257 e. The highest BCUT2D eigenvalue weighted by molar-refractivity contribution is 5.99. The summed E-state index contributed by atoms with van der Waals surface area (Å²) >= 11 is 0. The SMILES string of the molecule is O=C(NCc1ccc2c(c1)OCO2)c1cnn2c(-c3ccccc3)ccnc12. The van der Waals surface area contributed by atoms with Crippen LogP contribution in [0.25, 0.3) is 16.9 Å². The van der Waals surface area contributed by atoms with Crippen LogP contribution in [0, 0.1) is 0 Å². The number of nitrogens with one attached hydrogen (secondary N) is 1. The van der Waals surface area contributed by atoms with E-state index in [2.05, 4.69) is 15.4 Å². The number of nitrogens with zero attached hydrogens (tertiary/aromatic N) is 3. The third-order valence-corrected chi connectivity index (χ3v) is 4.61. The first kappa shape index (κ1) is 16.3. The average Bonchev–Trinajstić information content (AvgIpc) is 3.39. The van der Waals surface area contributed by atoms with E-state index < -0.39 is 0 Å². The maximum absolute atomic E-state index is 12.7. The molecule has 0 fully saturated rings. The van der Waals surface area contributed by atoms with Crippen LogP contribution >= 0.6 is 0 Å². The lowest BCUT2D eigenvalue weighted by Crippen LogP contribution is -2.22. The normalized spacial score (nSPS) is 12.3. The molecule has 1 N–H and O–H groups in total. The van der Waals surface area contributed by atoms with E-state index in [1.54, 1.807) is 16.9 Å². The number of fused-ring (bicyclic) bond motifs is 2. The van der Waals surface area contributed by atoms with Gasteiger partial charge in [0.1, 0.15) is 5.56 Å². The van der Waals surface area contributed by atoms with Gasteiger partial charge in [-0.05, 0) is 23.8 Å². The lowest BCUT2D eigenvalue weighted by Gasteiger charge is -2.06. The van der Waals surface area contributed by atoms with Gasteiger partial charge in [0.05, 0.1) is 11.9 Å². The van der Waals surface area contributed by atoms with Gasteiger partial charge in [-0.1, -0.05) is 36.4 Å². The smallest absolute Gasteiger partial charge is 0.257 e. The summed E-state index contributed by atoms with van der Waals surface area (Å²) < 4.78 is 12.4. The fourth-order valence-electron chi connectivity index (χ4n) is 3.21. The highest BCUT2D eigenvalue weighted by Crippen LogP contribution is 2.32. The predicted octanol–water partition coefficient (Wildman–Crippen LogP) is 3.06. The summed E-state index contributed by atoms with van der Waals surface area (Å²) in [5.41, 5.74) is 3.75. The van der Waals surface area contributed by atoms with E-state index in [4.69, 9.17) is 9.47 Å². The van der Waals surface area contributed by atoms with Gasteiger partial charge in [0, 0.05) is 18.3 Å². The first-order valence-corrected chi connectivity index (χ1v) is 8.84. The molecule has 1 amide bonds. The fraction of sp³-hybridized carbons (Fsp3) is 0.0952.